The van der Waals surface area contributed by atoms with E-state index in [9.17, 15) is 0 Å². The number of alkyl halides is 1. The van der Waals surface area contributed by atoms with Gasteiger partial charge in [-0.2, -0.15) is 12.6 Å². The van der Waals surface area contributed by atoms with E-state index in [0.717, 1.165) is 27.4 Å². The van der Waals surface area contributed by atoms with E-state index in [1.54, 1.807) is 25.7 Å². The summed E-state index contributed by atoms with van der Waals surface area (Å²) >= 11 is 6.50. The molecule has 0 aliphatic heterocycles. The van der Waals surface area contributed by atoms with Crippen molar-refractivity contribution in [3.05, 3.63) is 0 Å². The van der Waals surface area contributed by atoms with E-state index in [4.69, 9.17) is 0 Å². The third-order valence-electron chi connectivity index (χ3n) is 4.16. The van der Waals surface area contributed by atoms with E-state index >= 15 is 0 Å². The van der Waals surface area contributed by atoms with Gasteiger partial charge in [-0.3, -0.25) is 0 Å². The molecule has 0 bridgehead atoms. The van der Waals surface area contributed by atoms with E-state index < -0.39 is 0 Å². The first-order chi connectivity index (χ1) is 11.6. The van der Waals surface area contributed by atoms with Gasteiger partial charge in [0.25, 0.3) is 0 Å². The maximum absolute atomic E-state index is 3.79. The standard InChI is InChI=1S/C13H23I.C3H8.C2H6S.2C2H6/c1-2-13(14)12-6-4-3-5-11(12)9-10-7-8-10;1-3-2;1-2-3;2*1-2/h10-13H,2-9H2,1H3;3H2,1-2H3;3H,2H2,1H3;2*1-2H3. The zero-order valence-corrected chi connectivity index (χ0v) is 21.3. The third kappa shape index (κ3) is 17.9. The second kappa shape index (κ2) is 24.1. The van der Waals surface area contributed by atoms with Gasteiger partial charge < -0.3 is 0 Å². The molecule has 2 heteroatoms. The molecule has 3 atom stereocenters. The lowest BCUT2D eigenvalue weighted by atomic mass is 9.74. The maximum Gasteiger partial charge on any atom is 0.0138 e. The zero-order chi connectivity index (χ0) is 19.4. The van der Waals surface area contributed by atoms with Crippen LogP contribution in [0.2, 0.25) is 0 Å². The minimum Gasteiger partial charge on any atom is -0.180 e. The lowest BCUT2D eigenvalue weighted by molar-refractivity contribution is 0.213. The Bertz CT molecular complexity index is 202. The first kappa shape index (κ1) is 29.8. The van der Waals surface area contributed by atoms with Crippen molar-refractivity contribution >= 4 is 35.2 Å². The van der Waals surface area contributed by atoms with Crippen LogP contribution in [0.5, 0.6) is 0 Å². The third-order valence-corrected chi connectivity index (χ3v) is 5.96. The van der Waals surface area contributed by atoms with Crippen LogP contribution < -0.4 is 0 Å². The SMILES string of the molecule is CC.CC.CCC.CCC(I)C1CCCCC1CC1CC1.CCS. The molecular formula is C22H49IS. The fraction of sp³-hybridized carbons (Fsp3) is 1.00. The summed E-state index contributed by atoms with van der Waals surface area (Å²) in [7, 11) is 0. The summed E-state index contributed by atoms with van der Waals surface area (Å²) in [6.45, 7) is 16.6. The van der Waals surface area contributed by atoms with Gasteiger partial charge in [0.1, 0.15) is 0 Å². The number of thiol groups is 1. The molecule has 0 radical (unpaired) electrons. The van der Waals surface area contributed by atoms with E-state index in [-0.39, 0.29) is 0 Å². The van der Waals surface area contributed by atoms with Crippen molar-refractivity contribution < 1.29 is 0 Å². The molecular weight excluding hydrogens is 423 g/mol. The lowest BCUT2D eigenvalue weighted by Crippen LogP contribution is -2.27. The highest BCUT2D eigenvalue weighted by Gasteiger charge is 2.33. The number of halogens is 1. The van der Waals surface area contributed by atoms with Crippen LogP contribution in [-0.4, -0.2) is 9.68 Å². The van der Waals surface area contributed by atoms with E-state index in [2.05, 4.69) is 56.0 Å². The largest absolute Gasteiger partial charge is 0.180 e. The van der Waals surface area contributed by atoms with Crippen molar-refractivity contribution in [2.45, 2.75) is 117 Å². The Balaban J connectivity index is -0.000000374. The van der Waals surface area contributed by atoms with Gasteiger partial charge in [-0.15, -0.1) is 0 Å². The highest BCUT2D eigenvalue weighted by molar-refractivity contribution is 14.1. The highest BCUT2D eigenvalue weighted by atomic mass is 127. The summed E-state index contributed by atoms with van der Waals surface area (Å²) in [6.07, 6.45) is 13.4. The molecule has 3 unspecified atom stereocenters. The predicted molar refractivity (Wildman–Crippen MR) is 129 cm³/mol. The average molecular weight is 473 g/mol. The van der Waals surface area contributed by atoms with Crippen LogP contribution in [0.25, 0.3) is 0 Å². The quantitative estimate of drug-likeness (QED) is 0.235. The molecule has 0 amide bonds. The number of rotatable bonds is 4. The number of hydrogen-bond acceptors (Lipinski definition) is 1. The van der Waals surface area contributed by atoms with Crippen molar-refractivity contribution in [2.24, 2.45) is 17.8 Å². The summed E-state index contributed by atoms with van der Waals surface area (Å²) in [5, 5.41) is 0. The van der Waals surface area contributed by atoms with Gasteiger partial charge in [0.2, 0.25) is 0 Å². The van der Waals surface area contributed by atoms with Gasteiger partial charge in [-0.05, 0) is 42.8 Å². The van der Waals surface area contributed by atoms with Crippen LogP contribution in [-0.2, 0) is 0 Å². The Morgan fingerprint density at radius 2 is 1.29 bits per heavy atom. The van der Waals surface area contributed by atoms with Crippen molar-refractivity contribution in [1.82, 2.24) is 0 Å². The molecule has 0 nitrogen and oxygen atoms in total. The van der Waals surface area contributed by atoms with Crippen LogP contribution in [0.15, 0.2) is 0 Å². The molecule has 0 saturated heterocycles. The van der Waals surface area contributed by atoms with Crippen molar-refractivity contribution in [3.8, 4) is 0 Å². The topological polar surface area (TPSA) is 0 Å². The van der Waals surface area contributed by atoms with Crippen LogP contribution in [0.3, 0.4) is 0 Å². The highest BCUT2D eigenvalue weighted by Crippen LogP contribution is 2.44. The molecule has 2 saturated carbocycles. The van der Waals surface area contributed by atoms with Crippen LogP contribution >= 0.6 is 35.2 Å². The Labute approximate surface area is 175 Å². The monoisotopic (exact) mass is 472 g/mol. The van der Waals surface area contributed by atoms with Gasteiger partial charge >= 0.3 is 0 Å². The second-order valence-electron chi connectivity index (χ2n) is 6.34. The van der Waals surface area contributed by atoms with Gasteiger partial charge in [0, 0.05) is 3.92 Å². The molecule has 0 aromatic carbocycles. The van der Waals surface area contributed by atoms with Crippen LogP contribution in [0.4, 0.5) is 0 Å². The first-order valence-electron chi connectivity index (χ1n) is 10.9. The van der Waals surface area contributed by atoms with Crippen LogP contribution in [0.1, 0.15) is 113 Å². The summed E-state index contributed by atoms with van der Waals surface area (Å²) in [6, 6.07) is 0. The summed E-state index contributed by atoms with van der Waals surface area (Å²) in [4.78, 5) is 0. The molecule has 2 fully saturated rings. The van der Waals surface area contributed by atoms with Crippen molar-refractivity contribution in [2.75, 3.05) is 5.75 Å². The minimum absolute atomic E-state index is 0.944. The van der Waals surface area contributed by atoms with Crippen molar-refractivity contribution in [3.63, 3.8) is 0 Å². The molecule has 150 valence electrons. The molecule has 24 heavy (non-hydrogen) atoms. The Morgan fingerprint density at radius 3 is 1.67 bits per heavy atom. The van der Waals surface area contributed by atoms with Crippen LogP contribution in [0, 0.1) is 17.8 Å². The molecule has 0 spiro atoms. The predicted octanol–water partition coefficient (Wildman–Crippen LogP) is 9.21. The molecule has 0 heterocycles. The molecule has 2 aliphatic carbocycles. The summed E-state index contributed by atoms with van der Waals surface area (Å²) < 4.78 is 0.955. The van der Waals surface area contributed by atoms with Gasteiger partial charge in [0.05, 0.1) is 0 Å². The zero-order valence-electron chi connectivity index (χ0n) is 18.2. The first-order valence-corrected chi connectivity index (χ1v) is 12.8. The van der Waals surface area contributed by atoms with E-state index in [1.807, 2.05) is 34.6 Å². The molecule has 2 aliphatic rings. The fourth-order valence-electron chi connectivity index (χ4n) is 3.09. The molecule has 2 rings (SSSR count). The van der Waals surface area contributed by atoms with Gasteiger partial charge in [0.15, 0.2) is 0 Å². The van der Waals surface area contributed by atoms with E-state index in [0.29, 0.717) is 0 Å². The molecule has 0 aromatic rings. The lowest BCUT2D eigenvalue weighted by Gasteiger charge is -2.34. The molecule has 0 N–H and O–H groups in total. The fourth-order valence-corrected chi connectivity index (χ4v) is 4.04. The van der Waals surface area contributed by atoms with Gasteiger partial charge in [-0.25, -0.2) is 0 Å². The van der Waals surface area contributed by atoms with Gasteiger partial charge in [-0.1, -0.05) is 117 Å². The minimum atomic E-state index is 0.944. The Hall–Kier alpha value is 1.08. The smallest absolute Gasteiger partial charge is 0.0138 e. The Kier molecular flexibility index (Phi) is 29.9. The van der Waals surface area contributed by atoms with Crippen molar-refractivity contribution in [1.29, 1.82) is 0 Å². The Morgan fingerprint density at radius 1 is 0.875 bits per heavy atom. The summed E-state index contributed by atoms with van der Waals surface area (Å²) in [5.74, 6) is 4.24. The number of hydrogen-bond donors (Lipinski definition) is 1. The molecule has 0 aromatic heterocycles. The van der Waals surface area contributed by atoms with E-state index in [1.165, 1.54) is 32.1 Å². The second-order valence-corrected chi connectivity index (χ2v) is 8.57. The normalized spacial score (nSPS) is 22.8. The average Bonchev–Trinajstić information content (AvgIpc) is 3.44. The summed E-state index contributed by atoms with van der Waals surface area (Å²) in [5.41, 5.74) is 0. The maximum atomic E-state index is 3.79.